The van der Waals surface area contributed by atoms with Crippen molar-refractivity contribution in [3.63, 3.8) is 0 Å². The number of aryl methyl sites for hydroxylation is 1. The molecule has 1 N–H and O–H groups in total. The van der Waals surface area contributed by atoms with Gasteiger partial charge in [-0.15, -0.1) is 0 Å². The smallest absolute Gasteiger partial charge is 0.255 e. The van der Waals surface area contributed by atoms with Crippen molar-refractivity contribution in [2.75, 3.05) is 7.11 Å². The van der Waals surface area contributed by atoms with E-state index in [0.29, 0.717) is 27.8 Å². The SMILES string of the molecule is COc1ccc(Cl)cc1C(=O)NCc1cc(-c2ccc(C)cc2)on1. The minimum atomic E-state index is -0.292. The van der Waals surface area contributed by atoms with Crippen LogP contribution >= 0.6 is 11.6 Å². The van der Waals surface area contributed by atoms with Gasteiger partial charge in [-0.1, -0.05) is 46.6 Å². The van der Waals surface area contributed by atoms with Gasteiger partial charge in [0.25, 0.3) is 5.91 Å². The Balaban J connectivity index is 1.69. The summed E-state index contributed by atoms with van der Waals surface area (Å²) in [6.07, 6.45) is 0. The molecule has 0 saturated carbocycles. The summed E-state index contributed by atoms with van der Waals surface area (Å²) in [5.41, 5.74) is 3.11. The lowest BCUT2D eigenvalue weighted by atomic mass is 10.1. The Morgan fingerprint density at radius 1 is 1.20 bits per heavy atom. The van der Waals surface area contributed by atoms with Crippen LogP contribution in [-0.4, -0.2) is 18.2 Å². The van der Waals surface area contributed by atoms with Crippen LogP contribution in [0.25, 0.3) is 11.3 Å². The minimum Gasteiger partial charge on any atom is -0.496 e. The molecule has 5 nitrogen and oxygen atoms in total. The van der Waals surface area contributed by atoms with Gasteiger partial charge in [-0.25, -0.2) is 0 Å². The molecule has 3 rings (SSSR count). The van der Waals surface area contributed by atoms with Crippen molar-refractivity contribution >= 4 is 17.5 Å². The van der Waals surface area contributed by atoms with Crippen LogP contribution in [0.1, 0.15) is 21.6 Å². The van der Waals surface area contributed by atoms with Crippen LogP contribution in [0.4, 0.5) is 0 Å². The molecule has 1 aromatic heterocycles. The molecule has 0 aliphatic heterocycles. The number of halogens is 1. The molecule has 0 saturated heterocycles. The highest BCUT2D eigenvalue weighted by Gasteiger charge is 2.14. The molecule has 3 aromatic rings. The number of carbonyl (C=O) groups is 1. The Hall–Kier alpha value is -2.79. The number of hydrogen-bond donors (Lipinski definition) is 1. The third kappa shape index (κ3) is 4.00. The molecule has 0 radical (unpaired) electrons. The highest BCUT2D eigenvalue weighted by molar-refractivity contribution is 6.31. The fourth-order valence-corrected chi connectivity index (χ4v) is 2.54. The quantitative estimate of drug-likeness (QED) is 0.742. The van der Waals surface area contributed by atoms with Crippen LogP contribution in [0.15, 0.2) is 53.1 Å². The topological polar surface area (TPSA) is 64.4 Å². The first-order valence-electron chi connectivity index (χ1n) is 7.71. The highest BCUT2D eigenvalue weighted by Crippen LogP contribution is 2.23. The molecule has 0 atom stereocenters. The molecular formula is C19H17ClN2O3. The summed E-state index contributed by atoms with van der Waals surface area (Å²) in [7, 11) is 1.51. The fraction of sp³-hybridized carbons (Fsp3) is 0.158. The molecule has 0 aliphatic carbocycles. The Morgan fingerprint density at radius 3 is 2.68 bits per heavy atom. The van der Waals surface area contributed by atoms with Gasteiger partial charge in [0.05, 0.1) is 19.2 Å². The van der Waals surface area contributed by atoms with E-state index in [4.69, 9.17) is 20.9 Å². The van der Waals surface area contributed by atoms with Crippen LogP contribution in [0.5, 0.6) is 5.75 Å². The minimum absolute atomic E-state index is 0.240. The maximum absolute atomic E-state index is 12.4. The summed E-state index contributed by atoms with van der Waals surface area (Å²) in [5.74, 6) is 0.825. The normalized spacial score (nSPS) is 10.5. The van der Waals surface area contributed by atoms with Crippen LogP contribution in [-0.2, 0) is 6.54 Å². The predicted octanol–water partition coefficient (Wildman–Crippen LogP) is 4.24. The number of hydrogen-bond acceptors (Lipinski definition) is 4. The second-order valence-corrected chi connectivity index (χ2v) is 6.01. The predicted molar refractivity (Wildman–Crippen MR) is 95.9 cm³/mol. The number of methoxy groups -OCH3 is 1. The van der Waals surface area contributed by atoms with Gasteiger partial charge in [0.2, 0.25) is 0 Å². The van der Waals surface area contributed by atoms with E-state index in [9.17, 15) is 4.79 Å². The first kappa shape index (κ1) is 17.0. The van der Waals surface area contributed by atoms with Crippen molar-refractivity contribution in [3.8, 4) is 17.1 Å². The third-order valence-electron chi connectivity index (χ3n) is 3.73. The van der Waals surface area contributed by atoms with Crippen molar-refractivity contribution in [2.24, 2.45) is 0 Å². The number of aromatic nitrogens is 1. The van der Waals surface area contributed by atoms with E-state index in [1.54, 1.807) is 24.3 Å². The van der Waals surface area contributed by atoms with E-state index in [1.165, 1.54) is 12.7 Å². The molecule has 0 spiro atoms. The number of nitrogens with zero attached hydrogens (tertiary/aromatic N) is 1. The molecular weight excluding hydrogens is 340 g/mol. The van der Waals surface area contributed by atoms with E-state index in [2.05, 4.69) is 10.5 Å². The molecule has 25 heavy (non-hydrogen) atoms. The van der Waals surface area contributed by atoms with E-state index < -0.39 is 0 Å². The number of carbonyl (C=O) groups excluding carboxylic acids is 1. The maximum Gasteiger partial charge on any atom is 0.255 e. The zero-order chi connectivity index (χ0) is 17.8. The van der Waals surface area contributed by atoms with Crippen LogP contribution in [0, 0.1) is 6.92 Å². The molecule has 128 valence electrons. The monoisotopic (exact) mass is 356 g/mol. The molecule has 2 aromatic carbocycles. The van der Waals surface area contributed by atoms with Crippen molar-refractivity contribution in [3.05, 3.63) is 70.4 Å². The van der Waals surface area contributed by atoms with Crippen LogP contribution in [0.2, 0.25) is 5.02 Å². The van der Waals surface area contributed by atoms with Crippen LogP contribution in [0.3, 0.4) is 0 Å². The Labute approximate surface area is 150 Å². The van der Waals surface area contributed by atoms with Gasteiger partial charge in [-0.2, -0.15) is 0 Å². The Kier molecular flexibility index (Phi) is 5.05. The lowest BCUT2D eigenvalue weighted by Gasteiger charge is -2.08. The summed E-state index contributed by atoms with van der Waals surface area (Å²) in [6, 6.07) is 14.6. The molecule has 1 heterocycles. The second kappa shape index (κ2) is 7.40. The molecule has 0 fully saturated rings. The van der Waals surface area contributed by atoms with Crippen molar-refractivity contribution < 1.29 is 14.1 Å². The van der Waals surface area contributed by atoms with E-state index in [1.807, 2.05) is 31.2 Å². The first-order valence-corrected chi connectivity index (χ1v) is 8.09. The molecule has 0 unspecified atom stereocenters. The zero-order valence-electron chi connectivity index (χ0n) is 13.9. The lowest BCUT2D eigenvalue weighted by molar-refractivity contribution is 0.0947. The van der Waals surface area contributed by atoms with Gasteiger partial charge in [0, 0.05) is 16.7 Å². The average Bonchev–Trinajstić information content (AvgIpc) is 3.09. The second-order valence-electron chi connectivity index (χ2n) is 5.58. The largest absolute Gasteiger partial charge is 0.496 e. The summed E-state index contributed by atoms with van der Waals surface area (Å²) < 4.78 is 10.5. The van der Waals surface area contributed by atoms with E-state index in [0.717, 1.165) is 5.56 Å². The standard InChI is InChI=1S/C19H17ClN2O3/c1-12-3-5-13(6-4-12)18-10-15(22-25-18)11-21-19(23)16-9-14(20)7-8-17(16)24-2/h3-10H,11H2,1-2H3,(H,21,23). The van der Waals surface area contributed by atoms with Gasteiger partial charge in [0.1, 0.15) is 11.4 Å². The van der Waals surface area contributed by atoms with Gasteiger partial charge in [0.15, 0.2) is 5.76 Å². The van der Waals surface area contributed by atoms with Gasteiger partial charge in [-0.05, 0) is 25.1 Å². The van der Waals surface area contributed by atoms with E-state index in [-0.39, 0.29) is 12.5 Å². The van der Waals surface area contributed by atoms with Gasteiger partial charge in [-0.3, -0.25) is 4.79 Å². The van der Waals surface area contributed by atoms with Crippen molar-refractivity contribution in [1.82, 2.24) is 10.5 Å². The number of ether oxygens (including phenoxy) is 1. The molecule has 1 amide bonds. The zero-order valence-corrected chi connectivity index (χ0v) is 14.6. The summed E-state index contributed by atoms with van der Waals surface area (Å²) >= 11 is 5.95. The molecule has 0 aliphatic rings. The maximum atomic E-state index is 12.4. The fourth-order valence-electron chi connectivity index (χ4n) is 2.37. The Bertz CT molecular complexity index is 888. The number of rotatable bonds is 5. The Morgan fingerprint density at radius 2 is 1.96 bits per heavy atom. The van der Waals surface area contributed by atoms with E-state index >= 15 is 0 Å². The number of benzene rings is 2. The first-order chi connectivity index (χ1) is 12.1. The summed E-state index contributed by atoms with van der Waals surface area (Å²) in [6.45, 7) is 2.26. The highest BCUT2D eigenvalue weighted by atomic mass is 35.5. The van der Waals surface area contributed by atoms with Gasteiger partial charge < -0.3 is 14.6 Å². The molecule has 6 heteroatoms. The third-order valence-corrected chi connectivity index (χ3v) is 3.97. The van der Waals surface area contributed by atoms with Gasteiger partial charge >= 0.3 is 0 Å². The number of nitrogens with one attached hydrogen (secondary N) is 1. The van der Waals surface area contributed by atoms with Crippen molar-refractivity contribution in [1.29, 1.82) is 0 Å². The summed E-state index contributed by atoms with van der Waals surface area (Å²) in [4.78, 5) is 12.4. The average molecular weight is 357 g/mol. The van der Waals surface area contributed by atoms with Crippen LogP contribution < -0.4 is 10.1 Å². The summed E-state index contributed by atoms with van der Waals surface area (Å²) in [5, 5.41) is 7.25. The lowest BCUT2D eigenvalue weighted by Crippen LogP contribution is -2.23. The number of amides is 1. The van der Waals surface area contributed by atoms with Crippen molar-refractivity contribution in [2.45, 2.75) is 13.5 Å². The molecule has 0 bridgehead atoms.